The number of rotatable bonds is 8. The maximum Gasteiger partial charge on any atom is 0.422 e. The summed E-state index contributed by atoms with van der Waals surface area (Å²) in [5.74, 6) is -1.54. The number of benzene rings is 2. The quantitative estimate of drug-likeness (QED) is 0.467. The molecule has 2 aromatic rings. The second-order valence-corrected chi connectivity index (χ2v) is 8.49. The zero-order chi connectivity index (χ0) is 22.6. The first-order chi connectivity index (χ1) is 13.9. The summed E-state index contributed by atoms with van der Waals surface area (Å²) in [5, 5.41) is 9.64. The van der Waals surface area contributed by atoms with Crippen LogP contribution in [0.5, 0.6) is 5.75 Å². The maximum atomic E-state index is 12.8. The van der Waals surface area contributed by atoms with Crippen molar-refractivity contribution in [2.45, 2.75) is 52.1 Å². The van der Waals surface area contributed by atoms with Crippen LogP contribution in [0.4, 0.5) is 13.2 Å². The van der Waals surface area contributed by atoms with Crippen LogP contribution in [0.15, 0.2) is 36.4 Å². The summed E-state index contributed by atoms with van der Waals surface area (Å²) in [6.45, 7) is 6.40. The summed E-state index contributed by atoms with van der Waals surface area (Å²) in [5.41, 5.74) is 2.45. The predicted molar refractivity (Wildman–Crippen MR) is 112 cm³/mol. The standard InChI is InChI=1S/C23H26ClF3O3/c1-13(2)9-19(22(28)29)17-10-18(16-7-5-15(6-8-16)14(3)4)21(20(24)11-17)30-12-23(25,26)27/h5-8,10-11,13-14,19H,9,12H2,1-4H3,(H,28,29)/t19-/m0/s1. The molecule has 0 aliphatic carbocycles. The molecule has 0 radical (unpaired) electrons. The molecule has 0 bridgehead atoms. The first-order valence-corrected chi connectivity index (χ1v) is 10.1. The topological polar surface area (TPSA) is 46.5 Å². The van der Waals surface area contributed by atoms with E-state index in [0.717, 1.165) is 5.56 Å². The molecule has 0 amide bonds. The van der Waals surface area contributed by atoms with Crippen molar-refractivity contribution in [3.05, 3.63) is 52.5 Å². The van der Waals surface area contributed by atoms with Gasteiger partial charge in [-0.2, -0.15) is 13.2 Å². The number of aliphatic carboxylic acids is 1. The molecule has 0 fully saturated rings. The number of alkyl halides is 3. The van der Waals surface area contributed by atoms with Crippen molar-refractivity contribution in [3.8, 4) is 16.9 Å². The van der Waals surface area contributed by atoms with Gasteiger partial charge in [0.1, 0.15) is 5.75 Å². The number of carboxylic acids is 1. The van der Waals surface area contributed by atoms with E-state index in [9.17, 15) is 23.1 Å². The van der Waals surface area contributed by atoms with Gasteiger partial charge >= 0.3 is 12.1 Å². The van der Waals surface area contributed by atoms with Crippen LogP contribution in [0.3, 0.4) is 0 Å². The highest BCUT2D eigenvalue weighted by atomic mass is 35.5. The van der Waals surface area contributed by atoms with Crippen LogP contribution in [0.1, 0.15) is 57.1 Å². The minimum absolute atomic E-state index is 0.0466. The van der Waals surface area contributed by atoms with Gasteiger partial charge in [0, 0.05) is 5.56 Å². The van der Waals surface area contributed by atoms with E-state index in [-0.39, 0.29) is 22.6 Å². The molecule has 3 nitrogen and oxygen atoms in total. The van der Waals surface area contributed by atoms with E-state index in [2.05, 4.69) is 0 Å². The average molecular weight is 443 g/mol. The van der Waals surface area contributed by atoms with E-state index in [1.165, 1.54) is 6.07 Å². The van der Waals surface area contributed by atoms with Gasteiger partial charge in [-0.1, -0.05) is 63.6 Å². The van der Waals surface area contributed by atoms with Crippen LogP contribution >= 0.6 is 11.6 Å². The molecule has 1 atom stereocenters. The number of carboxylic acid groups (broad SMARTS) is 1. The molecule has 2 rings (SSSR count). The number of hydrogen-bond donors (Lipinski definition) is 1. The molecule has 0 unspecified atom stereocenters. The second-order valence-electron chi connectivity index (χ2n) is 8.08. The van der Waals surface area contributed by atoms with Gasteiger partial charge in [0.25, 0.3) is 0 Å². The first kappa shape index (κ1) is 24.1. The third-order valence-corrected chi connectivity index (χ3v) is 5.02. The fourth-order valence-electron chi connectivity index (χ4n) is 3.23. The van der Waals surface area contributed by atoms with Crippen LogP contribution < -0.4 is 4.74 Å². The number of halogens is 4. The Bertz CT molecular complexity index is 874. The molecule has 0 aliphatic heterocycles. The zero-order valence-electron chi connectivity index (χ0n) is 17.4. The third kappa shape index (κ3) is 6.39. The summed E-state index contributed by atoms with van der Waals surface area (Å²) in [7, 11) is 0. The number of ether oxygens (including phenoxy) is 1. The largest absolute Gasteiger partial charge is 0.482 e. The van der Waals surface area contributed by atoms with Crippen LogP contribution in [-0.2, 0) is 4.79 Å². The Labute approximate surface area is 179 Å². The normalized spacial score (nSPS) is 13.0. The van der Waals surface area contributed by atoms with Crippen molar-refractivity contribution in [1.82, 2.24) is 0 Å². The molecule has 2 aromatic carbocycles. The fraction of sp³-hybridized carbons (Fsp3) is 0.435. The SMILES string of the molecule is CC(C)C[C@H](C(=O)O)c1cc(Cl)c(OCC(F)(F)F)c(-c2ccc(C(C)C)cc2)c1. The molecule has 0 aromatic heterocycles. The van der Waals surface area contributed by atoms with E-state index < -0.39 is 24.7 Å². The average Bonchev–Trinajstić information content (AvgIpc) is 2.63. The molecule has 7 heteroatoms. The molecule has 164 valence electrons. The van der Waals surface area contributed by atoms with Crippen LogP contribution in [0.2, 0.25) is 5.02 Å². The lowest BCUT2D eigenvalue weighted by Gasteiger charge is -2.20. The van der Waals surface area contributed by atoms with Gasteiger partial charge < -0.3 is 9.84 Å². The number of carbonyl (C=O) groups is 1. The van der Waals surface area contributed by atoms with Crippen LogP contribution in [0, 0.1) is 5.92 Å². The molecule has 0 spiro atoms. The van der Waals surface area contributed by atoms with Gasteiger partial charge in [0.05, 0.1) is 10.9 Å². The van der Waals surface area contributed by atoms with Gasteiger partial charge in [-0.05, 0) is 47.1 Å². The summed E-state index contributed by atoms with van der Waals surface area (Å²) >= 11 is 6.30. The Balaban J connectivity index is 2.60. The lowest BCUT2D eigenvalue weighted by Crippen LogP contribution is -2.20. The fourth-order valence-corrected chi connectivity index (χ4v) is 3.51. The Kier molecular flexibility index (Phi) is 7.81. The van der Waals surface area contributed by atoms with Crippen molar-refractivity contribution < 1.29 is 27.8 Å². The molecule has 0 saturated carbocycles. The molecule has 0 aliphatic rings. The summed E-state index contributed by atoms with van der Waals surface area (Å²) in [6, 6.07) is 10.3. The van der Waals surface area contributed by atoms with E-state index in [1.54, 1.807) is 18.2 Å². The molecule has 0 saturated heterocycles. The van der Waals surface area contributed by atoms with Crippen molar-refractivity contribution in [1.29, 1.82) is 0 Å². The van der Waals surface area contributed by atoms with Crippen molar-refractivity contribution in [3.63, 3.8) is 0 Å². The predicted octanol–water partition coefficient (Wildman–Crippen LogP) is 7.29. The van der Waals surface area contributed by atoms with Gasteiger partial charge in [-0.3, -0.25) is 4.79 Å². The van der Waals surface area contributed by atoms with Crippen molar-refractivity contribution >= 4 is 17.6 Å². The minimum atomic E-state index is -4.53. The second kappa shape index (κ2) is 9.73. The van der Waals surface area contributed by atoms with E-state index in [0.29, 0.717) is 23.1 Å². The smallest absolute Gasteiger partial charge is 0.422 e. The summed E-state index contributed by atoms with van der Waals surface area (Å²) in [4.78, 5) is 11.8. The minimum Gasteiger partial charge on any atom is -0.482 e. The van der Waals surface area contributed by atoms with Gasteiger partial charge in [0.2, 0.25) is 0 Å². The van der Waals surface area contributed by atoms with Gasteiger partial charge in [0.15, 0.2) is 6.61 Å². The molecule has 0 heterocycles. The third-order valence-electron chi connectivity index (χ3n) is 4.74. The highest BCUT2D eigenvalue weighted by Crippen LogP contribution is 2.41. The van der Waals surface area contributed by atoms with Crippen molar-refractivity contribution in [2.24, 2.45) is 5.92 Å². The van der Waals surface area contributed by atoms with E-state index in [1.807, 2.05) is 39.8 Å². The molecular formula is C23H26ClF3O3. The lowest BCUT2D eigenvalue weighted by molar-refractivity contribution is -0.153. The highest BCUT2D eigenvalue weighted by Gasteiger charge is 2.30. The molecular weight excluding hydrogens is 417 g/mol. The zero-order valence-corrected chi connectivity index (χ0v) is 18.1. The van der Waals surface area contributed by atoms with E-state index in [4.69, 9.17) is 16.3 Å². The molecule has 1 N–H and O–H groups in total. The Morgan fingerprint density at radius 1 is 1.07 bits per heavy atom. The lowest BCUT2D eigenvalue weighted by atomic mass is 9.88. The van der Waals surface area contributed by atoms with Gasteiger partial charge in [-0.15, -0.1) is 0 Å². The Morgan fingerprint density at radius 3 is 2.13 bits per heavy atom. The summed E-state index contributed by atoms with van der Waals surface area (Å²) in [6.07, 6.45) is -4.15. The molecule has 30 heavy (non-hydrogen) atoms. The van der Waals surface area contributed by atoms with Crippen LogP contribution in [0.25, 0.3) is 11.1 Å². The highest BCUT2D eigenvalue weighted by molar-refractivity contribution is 6.32. The Hall–Kier alpha value is -2.21. The van der Waals surface area contributed by atoms with Crippen LogP contribution in [-0.4, -0.2) is 23.9 Å². The van der Waals surface area contributed by atoms with E-state index >= 15 is 0 Å². The monoisotopic (exact) mass is 442 g/mol. The summed E-state index contributed by atoms with van der Waals surface area (Å²) < 4.78 is 43.3. The first-order valence-electron chi connectivity index (χ1n) is 9.75. The maximum absolute atomic E-state index is 12.8. The van der Waals surface area contributed by atoms with Gasteiger partial charge in [-0.25, -0.2) is 0 Å². The van der Waals surface area contributed by atoms with Crippen molar-refractivity contribution in [2.75, 3.05) is 6.61 Å². The number of hydrogen-bond acceptors (Lipinski definition) is 2. The Morgan fingerprint density at radius 2 is 1.67 bits per heavy atom.